The molecule has 4 nitrogen and oxygen atoms in total. The number of nitrogens with zero attached hydrogens (tertiary/aromatic N) is 1. The van der Waals surface area contributed by atoms with Crippen molar-refractivity contribution in [3.63, 3.8) is 0 Å². The number of carbonyl (C=O) groups excluding carboxylic acids is 1. The lowest BCUT2D eigenvalue weighted by atomic mass is 9.86. The van der Waals surface area contributed by atoms with E-state index in [4.69, 9.17) is 4.74 Å². The molecule has 134 valence electrons. The van der Waals surface area contributed by atoms with Gasteiger partial charge in [-0.25, -0.2) is 4.79 Å². The Kier molecular flexibility index (Phi) is 6.03. The van der Waals surface area contributed by atoms with E-state index in [9.17, 15) is 9.90 Å². The molecule has 2 aromatic rings. The number of likely N-dealkylation sites (N-methyl/N-ethyl adjacent to an activating group) is 1. The van der Waals surface area contributed by atoms with Gasteiger partial charge >= 0.3 is 5.97 Å². The van der Waals surface area contributed by atoms with Crippen LogP contribution in [-0.4, -0.2) is 48.8 Å². The van der Waals surface area contributed by atoms with Gasteiger partial charge in [0.15, 0.2) is 6.10 Å². The van der Waals surface area contributed by atoms with Crippen molar-refractivity contribution in [2.75, 3.05) is 27.2 Å². The van der Waals surface area contributed by atoms with Crippen molar-refractivity contribution < 1.29 is 36.1 Å². The third-order valence-electron chi connectivity index (χ3n) is 4.71. The summed E-state index contributed by atoms with van der Waals surface area (Å²) in [6.07, 6.45) is 0.657. The third-order valence-corrected chi connectivity index (χ3v) is 4.71. The second-order valence-corrected chi connectivity index (χ2v) is 7.10. The molecule has 3 rings (SSSR count). The zero-order valence-electron chi connectivity index (χ0n) is 14.6. The fourth-order valence-electron chi connectivity index (χ4n) is 3.32. The molecule has 0 aliphatic carbocycles. The summed E-state index contributed by atoms with van der Waals surface area (Å²) in [7, 11) is 4.24. The second kappa shape index (κ2) is 7.68. The van der Waals surface area contributed by atoms with Crippen LogP contribution >= 0.6 is 0 Å². The number of rotatable bonds is 4. The van der Waals surface area contributed by atoms with E-state index < -0.39 is 11.6 Å². The molecule has 0 saturated carbocycles. The molecule has 0 aromatic heterocycles. The summed E-state index contributed by atoms with van der Waals surface area (Å²) in [6.45, 7) is 1.73. The van der Waals surface area contributed by atoms with Crippen LogP contribution in [0.1, 0.15) is 17.5 Å². The minimum Gasteiger partial charge on any atom is -1.00 e. The van der Waals surface area contributed by atoms with Gasteiger partial charge in [-0.2, -0.15) is 0 Å². The predicted octanol–water partition coefficient (Wildman–Crippen LogP) is -0.682. The molecule has 1 unspecified atom stereocenters. The maximum absolute atomic E-state index is 13.0. The Hall–Kier alpha value is -1.69. The number of aliphatic hydroxyl groups is 1. The zero-order chi connectivity index (χ0) is 17.2. The summed E-state index contributed by atoms with van der Waals surface area (Å²) >= 11 is 0. The maximum atomic E-state index is 13.0. The van der Waals surface area contributed by atoms with E-state index in [0.717, 1.165) is 24.0 Å². The Morgan fingerprint density at radius 1 is 1.04 bits per heavy atom. The van der Waals surface area contributed by atoms with Gasteiger partial charge in [0.2, 0.25) is 5.60 Å². The average molecular weight is 406 g/mol. The molecule has 5 heteroatoms. The highest BCUT2D eigenvalue weighted by molar-refractivity contribution is 5.85. The van der Waals surface area contributed by atoms with E-state index in [1.54, 1.807) is 24.3 Å². The number of halogens is 1. The van der Waals surface area contributed by atoms with Crippen molar-refractivity contribution in [2.24, 2.45) is 0 Å². The molecule has 0 bridgehead atoms. The second-order valence-electron chi connectivity index (χ2n) is 7.10. The molecular weight excluding hydrogens is 382 g/mol. The first kappa shape index (κ1) is 19.6. The minimum absolute atomic E-state index is 0. The summed E-state index contributed by atoms with van der Waals surface area (Å²) in [6, 6.07) is 18.0. The van der Waals surface area contributed by atoms with E-state index in [1.165, 1.54) is 0 Å². The first-order valence-corrected chi connectivity index (χ1v) is 8.28. The number of quaternary nitrogens is 1. The van der Waals surface area contributed by atoms with E-state index in [0.29, 0.717) is 11.1 Å². The van der Waals surface area contributed by atoms with Crippen LogP contribution in [0.3, 0.4) is 0 Å². The minimum atomic E-state index is -1.79. The number of benzene rings is 2. The van der Waals surface area contributed by atoms with E-state index in [1.807, 2.05) is 36.4 Å². The number of likely N-dealkylation sites (tertiary alicyclic amines) is 1. The van der Waals surface area contributed by atoms with Crippen LogP contribution < -0.4 is 17.0 Å². The molecule has 1 heterocycles. The SMILES string of the molecule is C[N+]1(C)CCC(OC(=O)C(O)(c2ccccc2)c2ccccc2)C1.[Br-]. The molecule has 1 N–H and O–H groups in total. The largest absolute Gasteiger partial charge is 1.00 e. The van der Waals surface area contributed by atoms with Crippen LogP contribution in [0.5, 0.6) is 0 Å². The zero-order valence-corrected chi connectivity index (χ0v) is 16.1. The Morgan fingerprint density at radius 3 is 1.92 bits per heavy atom. The first-order chi connectivity index (χ1) is 11.4. The average Bonchev–Trinajstić information content (AvgIpc) is 2.94. The molecule has 0 radical (unpaired) electrons. The van der Waals surface area contributed by atoms with Crippen LogP contribution in [0.25, 0.3) is 0 Å². The molecule has 1 atom stereocenters. The standard InChI is InChI=1S/C20H24NO3.BrH/c1-21(2)14-13-18(15-21)24-19(22)20(23,16-9-5-3-6-10-16)17-11-7-4-8-12-17;/h3-12,18,23H,13-15H2,1-2H3;1H/q+1;/p-1. The van der Waals surface area contributed by atoms with Gasteiger partial charge in [-0.05, 0) is 11.1 Å². The van der Waals surface area contributed by atoms with Gasteiger partial charge in [-0.1, -0.05) is 60.7 Å². The summed E-state index contributed by atoms with van der Waals surface area (Å²) in [5.74, 6) is -0.605. The Bertz CT molecular complexity index is 664. The van der Waals surface area contributed by atoms with Crippen LogP contribution in [0.15, 0.2) is 60.7 Å². The van der Waals surface area contributed by atoms with Crippen LogP contribution in [0.4, 0.5) is 0 Å². The molecule has 2 aromatic carbocycles. The van der Waals surface area contributed by atoms with Gasteiger partial charge < -0.3 is 31.3 Å². The van der Waals surface area contributed by atoms with Crippen LogP contribution in [0, 0.1) is 0 Å². The van der Waals surface area contributed by atoms with E-state index in [2.05, 4.69) is 14.1 Å². The highest BCUT2D eigenvalue weighted by Crippen LogP contribution is 2.32. The van der Waals surface area contributed by atoms with Crippen molar-refractivity contribution in [3.8, 4) is 0 Å². The Morgan fingerprint density at radius 2 is 1.52 bits per heavy atom. The number of esters is 1. The van der Waals surface area contributed by atoms with Gasteiger partial charge in [0, 0.05) is 6.42 Å². The topological polar surface area (TPSA) is 46.5 Å². The lowest BCUT2D eigenvalue weighted by molar-refractivity contribution is -0.879. The first-order valence-electron chi connectivity index (χ1n) is 8.28. The maximum Gasteiger partial charge on any atom is 0.348 e. The Balaban J connectivity index is 0.00000225. The molecule has 1 fully saturated rings. The number of carbonyl (C=O) groups is 1. The van der Waals surface area contributed by atoms with Gasteiger partial charge in [0.1, 0.15) is 6.54 Å². The number of hydrogen-bond acceptors (Lipinski definition) is 3. The van der Waals surface area contributed by atoms with Gasteiger partial charge in [-0.15, -0.1) is 0 Å². The number of hydrogen-bond donors (Lipinski definition) is 1. The van der Waals surface area contributed by atoms with Crippen LogP contribution in [-0.2, 0) is 15.1 Å². The normalized spacial score (nSPS) is 19.1. The molecule has 1 saturated heterocycles. The third kappa shape index (κ3) is 4.11. The van der Waals surface area contributed by atoms with Crippen molar-refractivity contribution in [1.82, 2.24) is 0 Å². The van der Waals surface area contributed by atoms with Crippen molar-refractivity contribution in [2.45, 2.75) is 18.1 Å². The molecule has 1 aliphatic heterocycles. The van der Waals surface area contributed by atoms with E-state index in [-0.39, 0.29) is 23.1 Å². The predicted molar refractivity (Wildman–Crippen MR) is 92.2 cm³/mol. The smallest absolute Gasteiger partial charge is 0.348 e. The van der Waals surface area contributed by atoms with E-state index >= 15 is 0 Å². The summed E-state index contributed by atoms with van der Waals surface area (Å²) in [4.78, 5) is 13.0. The molecule has 25 heavy (non-hydrogen) atoms. The Labute approximate surface area is 159 Å². The van der Waals surface area contributed by atoms with Crippen molar-refractivity contribution >= 4 is 5.97 Å². The van der Waals surface area contributed by atoms with Gasteiger partial charge in [0.05, 0.1) is 20.6 Å². The number of ether oxygens (including phenoxy) is 1. The lowest BCUT2D eigenvalue weighted by Gasteiger charge is -2.29. The molecule has 1 aliphatic rings. The highest BCUT2D eigenvalue weighted by Gasteiger charge is 2.44. The molecule has 0 spiro atoms. The quantitative estimate of drug-likeness (QED) is 0.541. The monoisotopic (exact) mass is 405 g/mol. The summed E-state index contributed by atoms with van der Waals surface area (Å²) < 4.78 is 6.54. The van der Waals surface area contributed by atoms with Gasteiger partial charge in [0.25, 0.3) is 0 Å². The van der Waals surface area contributed by atoms with Gasteiger partial charge in [-0.3, -0.25) is 0 Å². The summed E-state index contributed by atoms with van der Waals surface area (Å²) in [5, 5.41) is 11.3. The van der Waals surface area contributed by atoms with Crippen molar-refractivity contribution in [1.29, 1.82) is 0 Å². The molecular formula is C20H24BrNO3. The molecule has 0 amide bonds. The van der Waals surface area contributed by atoms with Crippen molar-refractivity contribution in [3.05, 3.63) is 71.8 Å². The lowest BCUT2D eigenvalue weighted by Crippen LogP contribution is -3.00. The fraction of sp³-hybridized carbons (Fsp3) is 0.350. The van der Waals surface area contributed by atoms with Crippen LogP contribution in [0.2, 0.25) is 0 Å². The summed E-state index contributed by atoms with van der Waals surface area (Å²) in [5.41, 5.74) is -0.747. The fourth-order valence-corrected chi connectivity index (χ4v) is 3.32. The highest BCUT2D eigenvalue weighted by atomic mass is 79.9.